The number of benzene rings is 1. The van der Waals surface area contributed by atoms with Gasteiger partial charge in [-0.15, -0.1) is 0 Å². The van der Waals surface area contributed by atoms with Crippen LogP contribution in [0.1, 0.15) is 22.6 Å². The zero-order valence-electron chi connectivity index (χ0n) is 16.1. The Labute approximate surface area is 159 Å². The van der Waals surface area contributed by atoms with Gasteiger partial charge in [-0.1, -0.05) is 17.3 Å². The topological polar surface area (TPSA) is 80.3 Å². The summed E-state index contributed by atoms with van der Waals surface area (Å²) in [5.74, 6) is 1.69. The predicted octanol–water partition coefficient (Wildman–Crippen LogP) is 2.43. The Balaban J connectivity index is 1.42. The molecule has 7 heteroatoms. The molecule has 2 N–H and O–H groups in total. The molecule has 0 aliphatic rings. The van der Waals surface area contributed by atoms with Crippen LogP contribution < -0.4 is 10.6 Å². The van der Waals surface area contributed by atoms with Gasteiger partial charge in [0.05, 0.1) is 11.4 Å². The molecule has 0 fully saturated rings. The van der Waals surface area contributed by atoms with Gasteiger partial charge in [0.2, 0.25) is 0 Å². The number of aryl methyl sites for hydroxylation is 2. The molecule has 2 heterocycles. The standard InChI is InChI=1S/C20H26N6O/c1-15-19(16(2)27-25-15)10-13-23-20(21-3)22-12-9-17-5-7-18(8-6-17)26-14-4-11-24-26/h4-8,11,14H,9-10,12-13H2,1-3H3,(H2,21,22,23). The minimum atomic E-state index is 0.779. The molecule has 0 spiro atoms. The fourth-order valence-corrected chi connectivity index (χ4v) is 2.95. The lowest BCUT2D eigenvalue weighted by Gasteiger charge is -2.12. The summed E-state index contributed by atoms with van der Waals surface area (Å²) in [6.45, 7) is 5.50. The second-order valence-corrected chi connectivity index (χ2v) is 6.35. The van der Waals surface area contributed by atoms with Gasteiger partial charge in [-0.05, 0) is 50.5 Å². The maximum Gasteiger partial charge on any atom is 0.190 e. The molecular formula is C20H26N6O. The van der Waals surface area contributed by atoms with Gasteiger partial charge >= 0.3 is 0 Å². The van der Waals surface area contributed by atoms with Crippen LogP contribution in [-0.4, -0.2) is 41.0 Å². The van der Waals surface area contributed by atoms with Crippen molar-refractivity contribution < 1.29 is 4.52 Å². The lowest BCUT2D eigenvalue weighted by Crippen LogP contribution is -2.39. The molecule has 3 rings (SSSR count). The van der Waals surface area contributed by atoms with Crippen LogP contribution in [0.4, 0.5) is 0 Å². The summed E-state index contributed by atoms with van der Waals surface area (Å²) >= 11 is 0. The van der Waals surface area contributed by atoms with Gasteiger partial charge in [-0.25, -0.2) is 4.68 Å². The summed E-state index contributed by atoms with van der Waals surface area (Å²) in [7, 11) is 1.78. The second-order valence-electron chi connectivity index (χ2n) is 6.35. The molecule has 27 heavy (non-hydrogen) atoms. The molecule has 0 radical (unpaired) electrons. The number of nitrogens with zero attached hydrogens (tertiary/aromatic N) is 4. The number of hydrogen-bond donors (Lipinski definition) is 2. The highest BCUT2D eigenvalue weighted by Gasteiger charge is 2.08. The number of aliphatic imine (C=N–C) groups is 1. The third kappa shape index (κ3) is 4.97. The van der Waals surface area contributed by atoms with Crippen LogP contribution in [0.3, 0.4) is 0 Å². The van der Waals surface area contributed by atoms with Crippen molar-refractivity contribution in [2.45, 2.75) is 26.7 Å². The van der Waals surface area contributed by atoms with Crippen molar-refractivity contribution in [3.05, 3.63) is 65.3 Å². The number of nitrogens with one attached hydrogen (secondary N) is 2. The first kappa shape index (κ1) is 18.7. The van der Waals surface area contributed by atoms with Gasteiger partial charge < -0.3 is 15.2 Å². The van der Waals surface area contributed by atoms with Gasteiger partial charge in [0.25, 0.3) is 0 Å². The molecule has 0 aliphatic heterocycles. The largest absolute Gasteiger partial charge is 0.361 e. The van der Waals surface area contributed by atoms with Crippen molar-refractivity contribution in [3.63, 3.8) is 0 Å². The normalized spacial score (nSPS) is 11.6. The smallest absolute Gasteiger partial charge is 0.190 e. The fraction of sp³-hybridized carbons (Fsp3) is 0.350. The molecule has 0 saturated carbocycles. The Bertz CT molecular complexity index is 845. The van der Waals surface area contributed by atoms with Gasteiger partial charge in [0.1, 0.15) is 5.76 Å². The Morgan fingerprint density at radius 1 is 1.11 bits per heavy atom. The van der Waals surface area contributed by atoms with Crippen molar-refractivity contribution >= 4 is 5.96 Å². The van der Waals surface area contributed by atoms with Crippen LogP contribution in [0.25, 0.3) is 5.69 Å². The fourth-order valence-electron chi connectivity index (χ4n) is 2.95. The highest BCUT2D eigenvalue weighted by Crippen LogP contribution is 2.12. The van der Waals surface area contributed by atoms with E-state index in [0.717, 1.165) is 54.6 Å². The molecule has 3 aromatic rings. The van der Waals surface area contributed by atoms with Crippen LogP contribution in [0, 0.1) is 13.8 Å². The van der Waals surface area contributed by atoms with Gasteiger partial charge in [0, 0.05) is 38.1 Å². The quantitative estimate of drug-likeness (QED) is 0.496. The Kier molecular flexibility index (Phi) is 6.25. The number of guanidine groups is 1. The van der Waals surface area contributed by atoms with Crippen molar-refractivity contribution in [3.8, 4) is 5.69 Å². The average Bonchev–Trinajstić information content (AvgIpc) is 3.33. The van der Waals surface area contributed by atoms with Crippen LogP contribution in [0.5, 0.6) is 0 Å². The molecular weight excluding hydrogens is 340 g/mol. The van der Waals surface area contributed by atoms with Crippen LogP contribution >= 0.6 is 0 Å². The monoisotopic (exact) mass is 366 g/mol. The first-order chi connectivity index (χ1) is 13.2. The highest BCUT2D eigenvalue weighted by atomic mass is 16.5. The van der Waals surface area contributed by atoms with Crippen molar-refractivity contribution in [1.82, 2.24) is 25.6 Å². The molecule has 0 saturated heterocycles. The number of hydrogen-bond acceptors (Lipinski definition) is 4. The van der Waals surface area contributed by atoms with Gasteiger partial charge in [0.15, 0.2) is 5.96 Å². The maximum absolute atomic E-state index is 5.20. The van der Waals surface area contributed by atoms with Crippen molar-refractivity contribution in [2.24, 2.45) is 4.99 Å². The van der Waals surface area contributed by atoms with Gasteiger partial charge in [-0.2, -0.15) is 5.10 Å². The Morgan fingerprint density at radius 3 is 2.44 bits per heavy atom. The molecule has 1 aromatic carbocycles. The third-order valence-corrected chi connectivity index (χ3v) is 4.48. The summed E-state index contributed by atoms with van der Waals surface area (Å²) in [5, 5.41) is 14.9. The van der Waals surface area contributed by atoms with Crippen LogP contribution in [-0.2, 0) is 12.8 Å². The van der Waals surface area contributed by atoms with E-state index in [1.807, 2.05) is 30.8 Å². The lowest BCUT2D eigenvalue weighted by molar-refractivity contribution is 0.392. The van der Waals surface area contributed by atoms with Gasteiger partial charge in [-0.3, -0.25) is 4.99 Å². The molecule has 0 aliphatic carbocycles. The first-order valence-corrected chi connectivity index (χ1v) is 9.12. The Hall–Kier alpha value is -3.09. The predicted molar refractivity (Wildman–Crippen MR) is 106 cm³/mol. The van der Waals surface area contributed by atoms with Crippen LogP contribution in [0.15, 0.2) is 52.2 Å². The van der Waals surface area contributed by atoms with E-state index in [-0.39, 0.29) is 0 Å². The molecule has 0 unspecified atom stereocenters. The van der Waals surface area contributed by atoms with E-state index in [1.54, 1.807) is 13.2 Å². The summed E-state index contributed by atoms with van der Waals surface area (Å²) in [6, 6.07) is 10.3. The highest BCUT2D eigenvalue weighted by molar-refractivity contribution is 5.79. The zero-order chi connectivity index (χ0) is 19.1. The van der Waals surface area contributed by atoms with E-state index in [0.29, 0.717) is 0 Å². The number of rotatable bonds is 7. The van der Waals surface area contributed by atoms with E-state index < -0.39 is 0 Å². The molecule has 0 atom stereocenters. The summed E-state index contributed by atoms with van der Waals surface area (Å²) < 4.78 is 7.05. The first-order valence-electron chi connectivity index (χ1n) is 9.12. The van der Waals surface area contributed by atoms with E-state index in [1.165, 1.54) is 5.56 Å². The molecule has 2 aromatic heterocycles. The minimum absolute atomic E-state index is 0.779. The summed E-state index contributed by atoms with van der Waals surface area (Å²) in [4.78, 5) is 4.27. The molecule has 7 nitrogen and oxygen atoms in total. The van der Waals surface area contributed by atoms with Crippen LogP contribution in [0.2, 0.25) is 0 Å². The molecule has 0 bridgehead atoms. The lowest BCUT2D eigenvalue weighted by atomic mass is 10.1. The van der Waals surface area contributed by atoms with Crippen molar-refractivity contribution in [2.75, 3.05) is 20.1 Å². The zero-order valence-corrected chi connectivity index (χ0v) is 16.1. The third-order valence-electron chi connectivity index (χ3n) is 4.48. The van der Waals surface area contributed by atoms with Crippen molar-refractivity contribution in [1.29, 1.82) is 0 Å². The summed E-state index contributed by atoms with van der Waals surface area (Å²) in [5.41, 5.74) is 4.45. The number of aromatic nitrogens is 3. The molecule has 142 valence electrons. The second kappa shape index (κ2) is 9.02. The summed E-state index contributed by atoms with van der Waals surface area (Å²) in [6.07, 6.45) is 5.50. The maximum atomic E-state index is 5.20. The SMILES string of the molecule is CN=C(NCCc1ccc(-n2cccn2)cc1)NCCc1c(C)noc1C. The van der Waals surface area contributed by atoms with E-state index in [2.05, 4.69) is 50.1 Å². The Morgan fingerprint density at radius 2 is 1.85 bits per heavy atom. The molecule has 0 amide bonds. The van der Waals surface area contributed by atoms with E-state index in [4.69, 9.17) is 4.52 Å². The average molecular weight is 366 g/mol. The van der Waals surface area contributed by atoms with E-state index in [9.17, 15) is 0 Å². The minimum Gasteiger partial charge on any atom is -0.361 e. The van der Waals surface area contributed by atoms with E-state index >= 15 is 0 Å².